The van der Waals surface area contributed by atoms with Gasteiger partial charge in [-0.3, -0.25) is 4.90 Å². The highest BCUT2D eigenvalue weighted by molar-refractivity contribution is 9.10. The lowest BCUT2D eigenvalue weighted by Gasteiger charge is -2.40. The molecule has 0 bridgehead atoms. The molecule has 1 aromatic rings. The Morgan fingerprint density at radius 2 is 2.32 bits per heavy atom. The van der Waals surface area contributed by atoms with Crippen molar-refractivity contribution < 1.29 is 9.13 Å². The first-order chi connectivity index (χ1) is 9.13. The van der Waals surface area contributed by atoms with Crippen LogP contribution in [0, 0.1) is 5.82 Å². The summed E-state index contributed by atoms with van der Waals surface area (Å²) in [5, 5.41) is 0. The summed E-state index contributed by atoms with van der Waals surface area (Å²) in [6, 6.07) is 5.40. The Labute approximate surface area is 122 Å². The van der Waals surface area contributed by atoms with E-state index in [-0.39, 0.29) is 17.9 Å². The number of halogens is 2. The SMILES string of the molecule is COCCN1CCCC(N)C1c1ccc(Br)c(F)c1. The quantitative estimate of drug-likeness (QED) is 0.922. The summed E-state index contributed by atoms with van der Waals surface area (Å²) in [7, 11) is 1.69. The Balaban J connectivity index is 2.22. The summed E-state index contributed by atoms with van der Waals surface area (Å²) < 4.78 is 19.3. The van der Waals surface area contributed by atoms with Crippen LogP contribution in [0.2, 0.25) is 0 Å². The van der Waals surface area contributed by atoms with Crippen LogP contribution in [0.15, 0.2) is 22.7 Å². The van der Waals surface area contributed by atoms with Crippen LogP contribution < -0.4 is 5.73 Å². The molecule has 1 heterocycles. The second kappa shape index (κ2) is 6.79. The smallest absolute Gasteiger partial charge is 0.137 e. The minimum absolute atomic E-state index is 0.0474. The van der Waals surface area contributed by atoms with E-state index in [4.69, 9.17) is 10.5 Å². The molecule has 2 atom stereocenters. The largest absolute Gasteiger partial charge is 0.383 e. The molecule has 0 radical (unpaired) electrons. The molecule has 5 heteroatoms. The Morgan fingerprint density at radius 3 is 3.00 bits per heavy atom. The summed E-state index contributed by atoms with van der Waals surface area (Å²) >= 11 is 3.19. The first-order valence-corrected chi connectivity index (χ1v) is 7.36. The van der Waals surface area contributed by atoms with Crippen LogP contribution in [0.25, 0.3) is 0 Å². The molecule has 1 aliphatic rings. The third kappa shape index (κ3) is 3.54. The van der Waals surface area contributed by atoms with Crippen LogP contribution in [0.4, 0.5) is 4.39 Å². The lowest BCUT2D eigenvalue weighted by atomic mass is 9.91. The number of likely N-dealkylation sites (tertiary alicyclic amines) is 1. The van der Waals surface area contributed by atoms with Crippen LogP contribution in [0.5, 0.6) is 0 Å². The normalized spacial score (nSPS) is 24.6. The van der Waals surface area contributed by atoms with Gasteiger partial charge < -0.3 is 10.5 Å². The van der Waals surface area contributed by atoms with Crippen molar-refractivity contribution in [3.63, 3.8) is 0 Å². The van der Waals surface area contributed by atoms with Crippen molar-refractivity contribution in [2.45, 2.75) is 24.9 Å². The zero-order chi connectivity index (χ0) is 13.8. The van der Waals surface area contributed by atoms with E-state index in [1.54, 1.807) is 19.2 Å². The van der Waals surface area contributed by atoms with Gasteiger partial charge in [0.25, 0.3) is 0 Å². The van der Waals surface area contributed by atoms with Gasteiger partial charge in [0.05, 0.1) is 17.1 Å². The predicted molar refractivity (Wildman–Crippen MR) is 77.5 cm³/mol. The van der Waals surface area contributed by atoms with Gasteiger partial charge in [0, 0.05) is 19.7 Å². The summed E-state index contributed by atoms with van der Waals surface area (Å²) in [5.41, 5.74) is 7.19. The van der Waals surface area contributed by atoms with E-state index in [1.165, 1.54) is 0 Å². The Kier molecular flexibility index (Phi) is 5.33. The highest BCUT2D eigenvalue weighted by Gasteiger charge is 2.30. The number of benzene rings is 1. The Hall–Kier alpha value is -0.490. The maximum absolute atomic E-state index is 13.7. The number of hydrogen-bond acceptors (Lipinski definition) is 3. The molecule has 1 saturated heterocycles. The minimum atomic E-state index is -0.234. The molecule has 1 aliphatic heterocycles. The maximum atomic E-state index is 13.7. The fourth-order valence-electron chi connectivity index (χ4n) is 2.71. The van der Waals surface area contributed by atoms with E-state index in [9.17, 15) is 4.39 Å². The van der Waals surface area contributed by atoms with Crippen molar-refractivity contribution in [1.82, 2.24) is 4.90 Å². The molecule has 0 aromatic heterocycles. The third-order valence-corrected chi connectivity index (χ3v) is 4.29. The zero-order valence-corrected chi connectivity index (χ0v) is 12.7. The topological polar surface area (TPSA) is 38.5 Å². The van der Waals surface area contributed by atoms with E-state index in [1.807, 2.05) is 6.07 Å². The molecule has 0 saturated carbocycles. The molecule has 2 unspecified atom stereocenters. The second-order valence-electron chi connectivity index (χ2n) is 4.95. The standard InChI is InChI=1S/C14H20BrFN2O/c1-19-8-7-18-6-2-3-13(17)14(18)10-4-5-11(15)12(16)9-10/h4-5,9,13-14H,2-3,6-8,17H2,1H3. The van der Waals surface area contributed by atoms with Gasteiger partial charge in [-0.05, 0) is 53.0 Å². The molecular formula is C14H20BrFN2O. The monoisotopic (exact) mass is 330 g/mol. The van der Waals surface area contributed by atoms with Gasteiger partial charge in [-0.25, -0.2) is 4.39 Å². The number of nitrogens with zero attached hydrogens (tertiary/aromatic N) is 1. The van der Waals surface area contributed by atoms with Crippen molar-refractivity contribution in [1.29, 1.82) is 0 Å². The van der Waals surface area contributed by atoms with Gasteiger partial charge >= 0.3 is 0 Å². The lowest BCUT2D eigenvalue weighted by Crippen LogP contribution is -2.46. The van der Waals surface area contributed by atoms with Gasteiger partial charge in [0.2, 0.25) is 0 Å². The van der Waals surface area contributed by atoms with E-state index in [2.05, 4.69) is 20.8 Å². The summed E-state index contributed by atoms with van der Waals surface area (Å²) in [4.78, 5) is 2.29. The molecule has 2 N–H and O–H groups in total. The first kappa shape index (κ1) is 14.9. The third-order valence-electron chi connectivity index (χ3n) is 3.65. The predicted octanol–water partition coefficient (Wildman–Crippen LogP) is 2.70. The molecule has 19 heavy (non-hydrogen) atoms. The highest BCUT2D eigenvalue weighted by Crippen LogP contribution is 2.31. The number of hydrogen-bond donors (Lipinski definition) is 1. The van der Waals surface area contributed by atoms with Crippen molar-refractivity contribution in [2.24, 2.45) is 5.73 Å². The molecule has 106 valence electrons. The molecule has 0 spiro atoms. The summed E-state index contributed by atoms with van der Waals surface area (Å²) in [6.45, 7) is 2.48. The number of methoxy groups -OCH3 is 1. The molecule has 0 amide bonds. The van der Waals surface area contributed by atoms with Crippen LogP contribution >= 0.6 is 15.9 Å². The molecule has 1 fully saturated rings. The van der Waals surface area contributed by atoms with E-state index in [0.717, 1.165) is 31.5 Å². The van der Waals surface area contributed by atoms with Crippen LogP contribution in [0.1, 0.15) is 24.4 Å². The molecule has 3 nitrogen and oxygen atoms in total. The van der Waals surface area contributed by atoms with Crippen LogP contribution in [-0.4, -0.2) is 37.7 Å². The second-order valence-corrected chi connectivity index (χ2v) is 5.81. The molecule has 1 aromatic carbocycles. The average molecular weight is 331 g/mol. The van der Waals surface area contributed by atoms with Crippen LogP contribution in [0.3, 0.4) is 0 Å². The average Bonchev–Trinajstić information content (AvgIpc) is 2.40. The molecular weight excluding hydrogens is 311 g/mol. The van der Waals surface area contributed by atoms with Gasteiger partial charge in [-0.1, -0.05) is 6.07 Å². The van der Waals surface area contributed by atoms with E-state index in [0.29, 0.717) is 11.1 Å². The minimum Gasteiger partial charge on any atom is -0.383 e. The Morgan fingerprint density at radius 1 is 1.53 bits per heavy atom. The number of piperidine rings is 1. The fraction of sp³-hybridized carbons (Fsp3) is 0.571. The zero-order valence-electron chi connectivity index (χ0n) is 11.1. The van der Waals surface area contributed by atoms with Crippen molar-refractivity contribution in [3.05, 3.63) is 34.1 Å². The van der Waals surface area contributed by atoms with Crippen LogP contribution in [-0.2, 0) is 4.74 Å². The maximum Gasteiger partial charge on any atom is 0.137 e. The van der Waals surface area contributed by atoms with Crippen molar-refractivity contribution >= 4 is 15.9 Å². The fourth-order valence-corrected chi connectivity index (χ4v) is 2.96. The van der Waals surface area contributed by atoms with Gasteiger partial charge in [0.15, 0.2) is 0 Å². The van der Waals surface area contributed by atoms with E-state index >= 15 is 0 Å². The number of nitrogens with two attached hydrogens (primary N) is 1. The molecule has 2 rings (SSSR count). The molecule has 0 aliphatic carbocycles. The van der Waals surface area contributed by atoms with E-state index < -0.39 is 0 Å². The van der Waals surface area contributed by atoms with Gasteiger partial charge in [-0.15, -0.1) is 0 Å². The van der Waals surface area contributed by atoms with Crippen molar-refractivity contribution in [2.75, 3.05) is 26.8 Å². The number of rotatable bonds is 4. The van der Waals surface area contributed by atoms with Crippen molar-refractivity contribution in [3.8, 4) is 0 Å². The number of ether oxygens (including phenoxy) is 1. The first-order valence-electron chi connectivity index (χ1n) is 6.57. The Bertz CT molecular complexity index is 430. The lowest BCUT2D eigenvalue weighted by molar-refractivity contribution is 0.0846. The summed E-state index contributed by atoms with van der Waals surface area (Å²) in [6.07, 6.45) is 2.06. The van der Waals surface area contributed by atoms with Gasteiger partial charge in [-0.2, -0.15) is 0 Å². The summed E-state index contributed by atoms with van der Waals surface area (Å²) in [5.74, 6) is -0.234. The van der Waals surface area contributed by atoms with Gasteiger partial charge in [0.1, 0.15) is 5.82 Å². The highest BCUT2D eigenvalue weighted by atomic mass is 79.9.